The Kier molecular flexibility index (Phi) is 2.83. The summed E-state index contributed by atoms with van der Waals surface area (Å²) in [5.74, 6) is 0.650. The summed E-state index contributed by atoms with van der Waals surface area (Å²) in [6.45, 7) is 3.07. The van der Waals surface area contributed by atoms with Crippen LogP contribution in [0.4, 0.5) is 0 Å². The lowest BCUT2D eigenvalue weighted by Crippen LogP contribution is -2.11. The van der Waals surface area contributed by atoms with Gasteiger partial charge in [0, 0.05) is 18.0 Å². The van der Waals surface area contributed by atoms with Crippen molar-refractivity contribution in [2.45, 2.75) is 6.92 Å². The summed E-state index contributed by atoms with van der Waals surface area (Å²) >= 11 is 0. The summed E-state index contributed by atoms with van der Waals surface area (Å²) in [5, 5.41) is 1.16. The number of fused-ring (bicyclic) bond motifs is 1. The van der Waals surface area contributed by atoms with Crippen LogP contribution in [-0.4, -0.2) is 18.1 Å². The minimum Gasteiger partial charge on any atom is -0.476 e. The molecule has 0 saturated carbocycles. The number of aromatic nitrogens is 1. The van der Waals surface area contributed by atoms with E-state index in [1.54, 1.807) is 0 Å². The van der Waals surface area contributed by atoms with E-state index < -0.39 is 0 Å². The number of rotatable bonds is 3. The third kappa shape index (κ3) is 2.07. The Balaban J connectivity index is 2.43. The third-order valence-electron chi connectivity index (χ3n) is 2.27. The summed E-state index contributed by atoms with van der Waals surface area (Å²) in [6, 6.07) is 9.97. The molecule has 3 nitrogen and oxygen atoms in total. The summed E-state index contributed by atoms with van der Waals surface area (Å²) in [6.07, 6.45) is 0. The number of para-hydroxylation sites is 1. The molecule has 1 heterocycles. The Morgan fingerprint density at radius 3 is 2.93 bits per heavy atom. The quantitative estimate of drug-likeness (QED) is 0.826. The smallest absolute Gasteiger partial charge is 0.214 e. The molecule has 0 saturated heterocycles. The second kappa shape index (κ2) is 4.28. The molecule has 15 heavy (non-hydrogen) atoms. The van der Waals surface area contributed by atoms with Crippen LogP contribution >= 0.6 is 0 Å². The lowest BCUT2D eigenvalue weighted by atomic mass is 10.1. The molecule has 0 aliphatic carbocycles. The topological polar surface area (TPSA) is 48.1 Å². The Hall–Kier alpha value is -1.61. The molecule has 2 rings (SSSR count). The van der Waals surface area contributed by atoms with Gasteiger partial charge in [0.2, 0.25) is 5.88 Å². The highest BCUT2D eigenvalue weighted by molar-refractivity contribution is 5.82. The van der Waals surface area contributed by atoms with Gasteiger partial charge in [-0.3, -0.25) is 0 Å². The normalized spacial score (nSPS) is 10.5. The summed E-state index contributed by atoms with van der Waals surface area (Å²) in [7, 11) is 0. The van der Waals surface area contributed by atoms with Gasteiger partial charge in [-0.2, -0.15) is 0 Å². The van der Waals surface area contributed by atoms with Gasteiger partial charge in [-0.25, -0.2) is 4.98 Å². The van der Waals surface area contributed by atoms with Gasteiger partial charge in [0.25, 0.3) is 0 Å². The van der Waals surface area contributed by atoms with E-state index in [0.29, 0.717) is 19.0 Å². The molecule has 1 aromatic heterocycles. The van der Waals surface area contributed by atoms with Gasteiger partial charge in [0.05, 0.1) is 5.52 Å². The van der Waals surface area contributed by atoms with E-state index in [-0.39, 0.29) is 0 Å². The van der Waals surface area contributed by atoms with Crippen LogP contribution in [0.2, 0.25) is 0 Å². The monoisotopic (exact) mass is 202 g/mol. The van der Waals surface area contributed by atoms with Crippen molar-refractivity contribution in [1.82, 2.24) is 4.98 Å². The van der Waals surface area contributed by atoms with Crippen LogP contribution in [0.5, 0.6) is 5.88 Å². The van der Waals surface area contributed by atoms with Crippen molar-refractivity contribution in [2.24, 2.45) is 5.73 Å². The molecule has 2 N–H and O–H groups in total. The predicted molar refractivity (Wildman–Crippen MR) is 61.0 cm³/mol. The lowest BCUT2D eigenvalue weighted by Gasteiger charge is -2.07. The zero-order chi connectivity index (χ0) is 10.7. The number of nitrogens with two attached hydrogens (primary N) is 1. The molecule has 0 amide bonds. The first-order valence-electron chi connectivity index (χ1n) is 5.00. The van der Waals surface area contributed by atoms with E-state index in [2.05, 4.69) is 18.0 Å². The summed E-state index contributed by atoms with van der Waals surface area (Å²) < 4.78 is 5.41. The first-order valence-corrected chi connectivity index (χ1v) is 5.00. The number of hydrogen-bond donors (Lipinski definition) is 1. The fourth-order valence-corrected chi connectivity index (χ4v) is 1.56. The minimum absolute atomic E-state index is 0.505. The molecule has 0 aliphatic heterocycles. The molecular weight excluding hydrogens is 188 g/mol. The van der Waals surface area contributed by atoms with Gasteiger partial charge in [0.1, 0.15) is 6.61 Å². The van der Waals surface area contributed by atoms with Crippen LogP contribution in [-0.2, 0) is 0 Å². The molecule has 0 fully saturated rings. The van der Waals surface area contributed by atoms with Crippen LogP contribution in [0.1, 0.15) is 5.56 Å². The number of benzene rings is 1. The van der Waals surface area contributed by atoms with E-state index in [9.17, 15) is 0 Å². The maximum absolute atomic E-state index is 5.41. The second-order valence-electron chi connectivity index (χ2n) is 3.43. The highest BCUT2D eigenvalue weighted by atomic mass is 16.5. The van der Waals surface area contributed by atoms with Crippen molar-refractivity contribution in [3.63, 3.8) is 0 Å². The van der Waals surface area contributed by atoms with E-state index in [4.69, 9.17) is 10.5 Å². The van der Waals surface area contributed by atoms with Crippen molar-refractivity contribution in [3.05, 3.63) is 35.9 Å². The largest absolute Gasteiger partial charge is 0.476 e. The van der Waals surface area contributed by atoms with Gasteiger partial charge in [-0.05, 0) is 18.6 Å². The average molecular weight is 202 g/mol. The number of pyridine rings is 1. The van der Waals surface area contributed by atoms with Crippen molar-refractivity contribution < 1.29 is 4.74 Å². The minimum atomic E-state index is 0.505. The first kappa shape index (κ1) is 9.93. The zero-order valence-corrected chi connectivity index (χ0v) is 8.73. The molecule has 3 heteroatoms. The van der Waals surface area contributed by atoms with Crippen molar-refractivity contribution in [2.75, 3.05) is 13.2 Å². The average Bonchev–Trinajstić information content (AvgIpc) is 2.26. The molecule has 0 aliphatic rings. The fourth-order valence-electron chi connectivity index (χ4n) is 1.56. The number of nitrogens with zero attached hydrogens (tertiary/aromatic N) is 1. The van der Waals surface area contributed by atoms with Crippen LogP contribution in [0.15, 0.2) is 30.3 Å². The van der Waals surface area contributed by atoms with E-state index in [1.165, 1.54) is 5.56 Å². The highest BCUT2D eigenvalue weighted by Gasteiger charge is 2.02. The third-order valence-corrected chi connectivity index (χ3v) is 2.27. The Morgan fingerprint density at radius 1 is 1.33 bits per heavy atom. The SMILES string of the molecule is Cc1cc(OCCN)nc2ccccc12. The van der Waals surface area contributed by atoms with Crippen molar-refractivity contribution >= 4 is 10.9 Å². The first-order chi connectivity index (χ1) is 7.31. The fraction of sp³-hybridized carbons (Fsp3) is 0.250. The maximum Gasteiger partial charge on any atom is 0.214 e. The highest BCUT2D eigenvalue weighted by Crippen LogP contribution is 2.20. The van der Waals surface area contributed by atoms with E-state index in [0.717, 1.165) is 10.9 Å². The van der Waals surface area contributed by atoms with Crippen molar-refractivity contribution in [3.8, 4) is 5.88 Å². The molecule has 0 unspecified atom stereocenters. The molecule has 0 atom stereocenters. The van der Waals surface area contributed by atoms with Crippen LogP contribution in [0.3, 0.4) is 0 Å². The Morgan fingerprint density at radius 2 is 2.13 bits per heavy atom. The van der Waals surface area contributed by atoms with Crippen LogP contribution < -0.4 is 10.5 Å². The molecule has 0 radical (unpaired) electrons. The van der Waals surface area contributed by atoms with Crippen LogP contribution in [0, 0.1) is 6.92 Å². The van der Waals surface area contributed by atoms with Gasteiger partial charge < -0.3 is 10.5 Å². The van der Waals surface area contributed by atoms with Gasteiger partial charge in [-0.15, -0.1) is 0 Å². The molecule has 0 spiro atoms. The number of aryl methyl sites for hydroxylation is 1. The Labute approximate surface area is 88.9 Å². The lowest BCUT2D eigenvalue weighted by molar-refractivity contribution is 0.316. The molecule has 2 aromatic rings. The van der Waals surface area contributed by atoms with Gasteiger partial charge in [0.15, 0.2) is 0 Å². The summed E-state index contributed by atoms with van der Waals surface area (Å²) in [4.78, 5) is 4.40. The standard InChI is InChI=1S/C12H14N2O/c1-9-8-12(15-7-6-13)14-11-5-3-2-4-10(9)11/h2-5,8H,6-7,13H2,1H3. The van der Waals surface area contributed by atoms with E-state index >= 15 is 0 Å². The predicted octanol–water partition coefficient (Wildman–Crippen LogP) is 1.88. The van der Waals surface area contributed by atoms with Crippen molar-refractivity contribution in [1.29, 1.82) is 0 Å². The van der Waals surface area contributed by atoms with Crippen LogP contribution in [0.25, 0.3) is 10.9 Å². The second-order valence-corrected chi connectivity index (χ2v) is 3.43. The van der Waals surface area contributed by atoms with E-state index in [1.807, 2.05) is 24.3 Å². The summed E-state index contributed by atoms with van der Waals surface area (Å²) in [5.41, 5.74) is 7.51. The molecule has 1 aromatic carbocycles. The van der Waals surface area contributed by atoms with Gasteiger partial charge in [-0.1, -0.05) is 18.2 Å². The maximum atomic E-state index is 5.41. The number of hydrogen-bond acceptors (Lipinski definition) is 3. The molecular formula is C12H14N2O. The zero-order valence-electron chi connectivity index (χ0n) is 8.73. The molecule has 0 bridgehead atoms. The van der Waals surface area contributed by atoms with Gasteiger partial charge >= 0.3 is 0 Å². The number of ether oxygens (including phenoxy) is 1. The Bertz CT molecular complexity index is 468. The molecule has 78 valence electrons.